The molecule has 5 nitrogen and oxygen atoms in total. The van der Waals surface area contributed by atoms with Gasteiger partial charge >= 0.3 is 0 Å². The number of nitrogens with one attached hydrogen (secondary N) is 1. The SMILES string of the molecule is COc1ccc(NC(=O)CN2c3ccccc3C[C@@H]2C)c(OC)c1. The number of carbonyl (C=O) groups is 1. The summed E-state index contributed by atoms with van der Waals surface area (Å²) in [7, 11) is 3.17. The molecule has 1 amide bonds. The number of ether oxygens (including phenoxy) is 2. The number of para-hydroxylation sites is 1. The maximum Gasteiger partial charge on any atom is 0.244 e. The first-order chi connectivity index (χ1) is 11.6. The fourth-order valence-corrected chi connectivity index (χ4v) is 3.12. The van der Waals surface area contributed by atoms with Gasteiger partial charge in [-0.05, 0) is 37.1 Å². The van der Waals surface area contributed by atoms with Crippen molar-refractivity contribution in [2.75, 3.05) is 31.0 Å². The van der Waals surface area contributed by atoms with E-state index >= 15 is 0 Å². The molecule has 1 aliphatic rings. The molecule has 3 rings (SSSR count). The van der Waals surface area contributed by atoms with Gasteiger partial charge in [-0.1, -0.05) is 18.2 Å². The molecule has 126 valence electrons. The molecule has 0 aromatic heterocycles. The fourth-order valence-electron chi connectivity index (χ4n) is 3.12. The van der Waals surface area contributed by atoms with Gasteiger partial charge in [-0.15, -0.1) is 0 Å². The van der Waals surface area contributed by atoms with E-state index < -0.39 is 0 Å². The van der Waals surface area contributed by atoms with Gasteiger partial charge in [-0.3, -0.25) is 4.79 Å². The molecule has 1 atom stereocenters. The van der Waals surface area contributed by atoms with E-state index in [-0.39, 0.29) is 5.91 Å². The summed E-state index contributed by atoms with van der Waals surface area (Å²) in [6, 6.07) is 13.9. The summed E-state index contributed by atoms with van der Waals surface area (Å²) < 4.78 is 10.5. The van der Waals surface area contributed by atoms with Crippen LogP contribution >= 0.6 is 0 Å². The molecule has 0 unspecified atom stereocenters. The van der Waals surface area contributed by atoms with Crippen LogP contribution in [0.5, 0.6) is 11.5 Å². The largest absolute Gasteiger partial charge is 0.497 e. The van der Waals surface area contributed by atoms with Crippen LogP contribution in [0.1, 0.15) is 12.5 Å². The van der Waals surface area contributed by atoms with Crippen LogP contribution in [-0.2, 0) is 11.2 Å². The minimum atomic E-state index is -0.0676. The van der Waals surface area contributed by atoms with E-state index in [2.05, 4.69) is 29.3 Å². The Morgan fingerprint density at radius 1 is 1.21 bits per heavy atom. The Labute approximate surface area is 142 Å². The minimum Gasteiger partial charge on any atom is -0.497 e. The maximum atomic E-state index is 12.5. The number of benzene rings is 2. The molecular weight excluding hydrogens is 304 g/mol. The number of amides is 1. The van der Waals surface area contributed by atoms with E-state index in [9.17, 15) is 4.79 Å². The minimum absolute atomic E-state index is 0.0676. The summed E-state index contributed by atoms with van der Waals surface area (Å²) in [5, 5.41) is 2.93. The number of methoxy groups -OCH3 is 2. The average Bonchev–Trinajstić information content (AvgIpc) is 2.91. The maximum absolute atomic E-state index is 12.5. The van der Waals surface area contributed by atoms with Gasteiger partial charge in [0.1, 0.15) is 11.5 Å². The number of carbonyl (C=O) groups excluding carboxylic acids is 1. The van der Waals surface area contributed by atoms with Gasteiger partial charge in [-0.25, -0.2) is 0 Å². The summed E-state index contributed by atoms with van der Waals surface area (Å²) in [4.78, 5) is 14.6. The fraction of sp³-hybridized carbons (Fsp3) is 0.316. The number of hydrogen-bond donors (Lipinski definition) is 1. The third kappa shape index (κ3) is 3.15. The third-order valence-corrected chi connectivity index (χ3v) is 4.35. The zero-order valence-corrected chi connectivity index (χ0v) is 14.2. The lowest BCUT2D eigenvalue weighted by Crippen LogP contribution is -2.37. The Morgan fingerprint density at radius 2 is 2.00 bits per heavy atom. The van der Waals surface area contributed by atoms with Crippen LogP contribution in [0.3, 0.4) is 0 Å². The Balaban J connectivity index is 1.73. The Bertz CT molecular complexity index is 745. The van der Waals surface area contributed by atoms with Crippen molar-refractivity contribution in [3.8, 4) is 11.5 Å². The molecule has 5 heteroatoms. The molecule has 2 aromatic rings. The number of nitrogens with zero attached hydrogens (tertiary/aromatic N) is 1. The highest BCUT2D eigenvalue weighted by Crippen LogP contribution is 2.32. The quantitative estimate of drug-likeness (QED) is 0.917. The second-order valence-electron chi connectivity index (χ2n) is 5.92. The smallest absolute Gasteiger partial charge is 0.244 e. The van der Waals surface area contributed by atoms with E-state index in [4.69, 9.17) is 9.47 Å². The zero-order valence-electron chi connectivity index (χ0n) is 14.2. The van der Waals surface area contributed by atoms with Gasteiger partial charge < -0.3 is 19.7 Å². The highest BCUT2D eigenvalue weighted by atomic mass is 16.5. The number of anilines is 2. The molecule has 1 aliphatic heterocycles. The van der Waals surface area contributed by atoms with Crippen molar-refractivity contribution in [3.05, 3.63) is 48.0 Å². The molecule has 0 fully saturated rings. The molecule has 24 heavy (non-hydrogen) atoms. The molecule has 0 spiro atoms. The van der Waals surface area contributed by atoms with Gasteiger partial charge in [0.2, 0.25) is 5.91 Å². The molecule has 0 saturated heterocycles. The molecule has 1 N–H and O–H groups in total. The normalized spacial score (nSPS) is 15.8. The van der Waals surface area contributed by atoms with E-state index in [0.717, 1.165) is 12.1 Å². The van der Waals surface area contributed by atoms with E-state index in [1.807, 2.05) is 12.1 Å². The van der Waals surface area contributed by atoms with Crippen molar-refractivity contribution >= 4 is 17.3 Å². The lowest BCUT2D eigenvalue weighted by molar-refractivity contribution is -0.115. The van der Waals surface area contributed by atoms with E-state index in [0.29, 0.717) is 29.8 Å². The van der Waals surface area contributed by atoms with Crippen LogP contribution in [0.4, 0.5) is 11.4 Å². The van der Waals surface area contributed by atoms with Crippen LogP contribution in [0.15, 0.2) is 42.5 Å². The molecule has 0 aliphatic carbocycles. The molecular formula is C19H22N2O3. The van der Waals surface area contributed by atoms with Crippen LogP contribution in [0.25, 0.3) is 0 Å². The highest BCUT2D eigenvalue weighted by Gasteiger charge is 2.27. The Morgan fingerprint density at radius 3 is 2.75 bits per heavy atom. The monoisotopic (exact) mass is 326 g/mol. The number of fused-ring (bicyclic) bond motifs is 1. The first-order valence-corrected chi connectivity index (χ1v) is 7.98. The van der Waals surface area contributed by atoms with Crippen LogP contribution < -0.4 is 19.7 Å². The van der Waals surface area contributed by atoms with Crippen molar-refractivity contribution in [1.29, 1.82) is 0 Å². The molecule has 1 heterocycles. The summed E-state index contributed by atoms with van der Waals surface area (Å²) in [5.74, 6) is 1.20. The summed E-state index contributed by atoms with van der Waals surface area (Å²) >= 11 is 0. The van der Waals surface area contributed by atoms with Crippen LogP contribution in [-0.4, -0.2) is 32.7 Å². The second-order valence-corrected chi connectivity index (χ2v) is 5.92. The number of hydrogen-bond acceptors (Lipinski definition) is 4. The molecule has 0 bridgehead atoms. The number of rotatable bonds is 5. The standard InChI is InChI=1S/C19H22N2O3/c1-13-10-14-6-4-5-7-17(14)21(13)12-19(22)20-16-9-8-15(23-2)11-18(16)24-3/h4-9,11,13H,10,12H2,1-3H3,(H,20,22)/t13-/m0/s1. The van der Waals surface area contributed by atoms with Gasteiger partial charge in [0.05, 0.1) is 26.5 Å². The van der Waals surface area contributed by atoms with E-state index in [1.165, 1.54) is 5.56 Å². The van der Waals surface area contributed by atoms with Crippen molar-refractivity contribution in [2.45, 2.75) is 19.4 Å². The van der Waals surface area contributed by atoms with Gasteiger partial charge in [0.15, 0.2) is 0 Å². The van der Waals surface area contributed by atoms with Crippen molar-refractivity contribution in [3.63, 3.8) is 0 Å². The van der Waals surface area contributed by atoms with E-state index in [1.54, 1.807) is 32.4 Å². The van der Waals surface area contributed by atoms with Crippen molar-refractivity contribution < 1.29 is 14.3 Å². The summed E-state index contributed by atoms with van der Waals surface area (Å²) in [6.07, 6.45) is 0.968. The average molecular weight is 326 g/mol. The van der Waals surface area contributed by atoms with Gasteiger partial charge in [-0.2, -0.15) is 0 Å². The molecule has 2 aromatic carbocycles. The lowest BCUT2D eigenvalue weighted by atomic mass is 10.1. The van der Waals surface area contributed by atoms with Crippen molar-refractivity contribution in [2.24, 2.45) is 0 Å². The second kappa shape index (κ2) is 6.83. The Hall–Kier alpha value is -2.69. The predicted octanol–water partition coefficient (Wildman–Crippen LogP) is 3.09. The molecule has 0 saturated carbocycles. The third-order valence-electron chi connectivity index (χ3n) is 4.35. The molecule has 0 radical (unpaired) electrons. The lowest BCUT2D eigenvalue weighted by Gasteiger charge is -2.24. The highest BCUT2D eigenvalue weighted by molar-refractivity contribution is 5.96. The summed E-state index contributed by atoms with van der Waals surface area (Å²) in [6.45, 7) is 2.45. The van der Waals surface area contributed by atoms with Crippen molar-refractivity contribution in [1.82, 2.24) is 0 Å². The first kappa shape index (κ1) is 16.2. The topological polar surface area (TPSA) is 50.8 Å². The first-order valence-electron chi connectivity index (χ1n) is 7.98. The zero-order chi connectivity index (χ0) is 17.1. The van der Waals surface area contributed by atoms with Crippen LogP contribution in [0, 0.1) is 0 Å². The van der Waals surface area contributed by atoms with Gasteiger partial charge in [0, 0.05) is 17.8 Å². The predicted molar refractivity (Wildman–Crippen MR) is 95.1 cm³/mol. The summed E-state index contributed by atoms with van der Waals surface area (Å²) in [5.41, 5.74) is 3.07. The van der Waals surface area contributed by atoms with Gasteiger partial charge in [0.25, 0.3) is 0 Å². The van der Waals surface area contributed by atoms with Crippen LogP contribution in [0.2, 0.25) is 0 Å². The Kier molecular flexibility index (Phi) is 4.60.